The average molecular weight is 379 g/mol. The molecule has 2 atom stereocenters. The van der Waals surface area contributed by atoms with Crippen LogP contribution in [0.5, 0.6) is 0 Å². The van der Waals surface area contributed by atoms with Crippen molar-refractivity contribution in [1.29, 1.82) is 0 Å². The maximum absolute atomic E-state index is 12.2. The van der Waals surface area contributed by atoms with Gasteiger partial charge in [-0.2, -0.15) is 0 Å². The van der Waals surface area contributed by atoms with Crippen molar-refractivity contribution in [3.05, 3.63) is 0 Å². The zero-order valence-electron chi connectivity index (χ0n) is 17.7. The molecule has 0 radical (unpaired) electrons. The van der Waals surface area contributed by atoms with Crippen LogP contribution in [0.15, 0.2) is 4.99 Å². The summed E-state index contributed by atoms with van der Waals surface area (Å²) in [6.45, 7) is 8.57. The fourth-order valence-electron chi connectivity index (χ4n) is 2.79. The second-order valence-corrected chi connectivity index (χ2v) is 7.45. The van der Waals surface area contributed by atoms with Crippen LogP contribution in [0.3, 0.4) is 0 Å². The Hall–Kier alpha value is -0.100. The van der Waals surface area contributed by atoms with Crippen LogP contribution >= 0.6 is 0 Å². The van der Waals surface area contributed by atoms with Crippen molar-refractivity contribution < 1.29 is 44.6 Å². The molecule has 6 heteroatoms. The third kappa shape index (κ3) is 16.1. The van der Waals surface area contributed by atoms with Crippen LogP contribution in [0.25, 0.3) is 0 Å². The van der Waals surface area contributed by atoms with Gasteiger partial charge in [0.15, 0.2) is 0 Å². The van der Waals surface area contributed by atoms with Gasteiger partial charge in [-0.05, 0) is 38.1 Å². The number of hydrogen-bond donors (Lipinski definition) is 2. The van der Waals surface area contributed by atoms with Crippen molar-refractivity contribution in [2.45, 2.75) is 104 Å². The predicted molar refractivity (Wildman–Crippen MR) is 103 cm³/mol. The maximum Gasteiger partial charge on any atom is 1.00 e. The first kappa shape index (κ1) is 28.1. The van der Waals surface area contributed by atoms with Gasteiger partial charge in [0.25, 0.3) is 0 Å². The molecule has 0 amide bonds. The second kappa shape index (κ2) is 18.3. The van der Waals surface area contributed by atoms with Gasteiger partial charge in [0.2, 0.25) is 0 Å². The molecule has 0 aromatic rings. The van der Waals surface area contributed by atoms with E-state index in [0.29, 0.717) is 12.3 Å². The topological polar surface area (TPSA) is 84.8 Å². The third-order valence-corrected chi connectivity index (χ3v) is 4.35. The maximum atomic E-state index is 12.2. The van der Waals surface area contributed by atoms with Gasteiger partial charge in [-0.3, -0.25) is 4.99 Å². The van der Waals surface area contributed by atoms with Crippen molar-refractivity contribution >= 4 is 11.9 Å². The molecule has 0 aromatic carbocycles. The van der Waals surface area contributed by atoms with Crippen LogP contribution in [-0.4, -0.2) is 35.6 Å². The molecule has 0 aromatic heterocycles. The summed E-state index contributed by atoms with van der Waals surface area (Å²) in [5.74, 6) is -1.03. The normalized spacial score (nSPS) is 14.1. The number of nitrogens with zero attached hydrogens (tertiary/aromatic N) is 1. The fourth-order valence-corrected chi connectivity index (χ4v) is 2.79. The van der Waals surface area contributed by atoms with E-state index in [1.165, 1.54) is 58.3 Å². The van der Waals surface area contributed by atoms with Crippen molar-refractivity contribution in [1.82, 2.24) is 5.32 Å². The Labute approximate surface area is 182 Å². The molecular weight excluding hydrogens is 339 g/mol. The molecule has 5 nitrogen and oxygen atoms in total. The summed E-state index contributed by atoms with van der Waals surface area (Å²) >= 11 is 0. The number of aliphatic carboxylic acids is 1. The first-order chi connectivity index (χ1) is 11.9. The Balaban J connectivity index is 0. The van der Waals surface area contributed by atoms with Crippen molar-refractivity contribution in [2.75, 3.05) is 6.54 Å². The monoisotopic (exact) mass is 378 g/mol. The number of carbonyl (C=O) groups is 1. The Bertz CT molecular complexity index is 376. The Morgan fingerprint density at radius 2 is 1.50 bits per heavy atom. The molecule has 2 N–H and O–H groups in total. The molecule has 0 unspecified atom stereocenters. The van der Waals surface area contributed by atoms with Crippen molar-refractivity contribution in [3.63, 3.8) is 0 Å². The quantitative estimate of drug-likeness (QED) is 0.180. The molecule has 0 aliphatic carbocycles. The van der Waals surface area contributed by atoms with E-state index < -0.39 is 12.0 Å². The molecule has 0 fully saturated rings. The van der Waals surface area contributed by atoms with E-state index in [1.807, 2.05) is 0 Å². The first-order valence-electron chi connectivity index (χ1n) is 10.1. The van der Waals surface area contributed by atoms with Gasteiger partial charge in [0.1, 0.15) is 6.04 Å². The van der Waals surface area contributed by atoms with Crippen LogP contribution in [0.4, 0.5) is 0 Å². The third-order valence-electron chi connectivity index (χ3n) is 4.35. The number of aliphatic imine (C=N–C) groups is 1. The number of carboxylic acids is 1. The second-order valence-electron chi connectivity index (χ2n) is 7.45. The molecule has 0 aliphatic rings. The number of unbranched alkanes of at least 4 members (excludes halogenated alkanes) is 8. The molecule has 0 spiro atoms. The number of rotatable bonds is 16. The van der Waals surface area contributed by atoms with Crippen molar-refractivity contribution in [2.24, 2.45) is 10.9 Å². The summed E-state index contributed by atoms with van der Waals surface area (Å²) in [6, 6.07) is -1.34. The molecule has 0 saturated heterocycles. The largest absolute Gasteiger partial charge is 1.00 e. The van der Waals surface area contributed by atoms with E-state index in [0.717, 1.165) is 13.0 Å². The van der Waals surface area contributed by atoms with Crippen LogP contribution in [-0.2, 0) is 4.79 Å². The number of carboxylic acid groups (broad SMARTS) is 1. The minimum Gasteiger partial charge on any atom is -0.861 e. The molecule has 0 saturated carbocycles. The van der Waals surface area contributed by atoms with Gasteiger partial charge in [-0.1, -0.05) is 72.1 Å². The summed E-state index contributed by atoms with van der Waals surface area (Å²) in [5, 5.41) is 24.4. The van der Waals surface area contributed by atoms with Gasteiger partial charge in [-0.15, -0.1) is 0 Å². The minimum atomic E-state index is -1.06. The van der Waals surface area contributed by atoms with Gasteiger partial charge in [0.05, 0.1) is 0 Å². The molecule has 0 heterocycles. The van der Waals surface area contributed by atoms with Crippen LogP contribution in [0.2, 0.25) is 0 Å². The van der Waals surface area contributed by atoms with Gasteiger partial charge in [-0.25, -0.2) is 4.79 Å². The standard InChI is InChI=1S/C20H40N2O3.Na/c1-5-6-7-8-9-10-11-12-13-14-21-18(15-16(2)3)19(23)22-17(4)20(24)25;/h16-18,21H,5-15H2,1-4H3,(H,22,23)(H,24,25);/q;+1/p-1/t17-,18-;/m0./s1. The van der Waals surface area contributed by atoms with E-state index in [2.05, 4.69) is 31.1 Å². The predicted octanol–water partition coefficient (Wildman–Crippen LogP) is 0.757. The van der Waals surface area contributed by atoms with E-state index in [1.54, 1.807) is 0 Å². The smallest absolute Gasteiger partial charge is 0.861 e. The van der Waals surface area contributed by atoms with E-state index >= 15 is 0 Å². The summed E-state index contributed by atoms with van der Waals surface area (Å²) in [4.78, 5) is 14.6. The zero-order valence-corrected chi connectivity index (χ0v) is 19.7. The molecular formula is C20H39N2NaO3. The molecule has 0 rings (SSSR count). The van der Waals surface area contributed by atoms with Gasteiger partial charge < -0.3 is 15.5 Å². The average Bonchev–Trinajstić information content (AvgIpc) is 2.54. The van der Waals surface area contributed by atoms with Crippen molar-refractivity contribution in [3.8, 4) is 0 Å². The molecule has 148 valence electrons. The summed E-state index contributed by atoms with van der Waals surface area (Å²) in [7, 11) is 0. The van der Waals surface area contributed by atoms with Gasteiger partial charge >= 0.3 is 35.5 Å². The number of nitrogens with one attached hydrogen (secondary N) is 1. The first-order valence-corrected chi connectivity index (χ1v) is 10.1. The van der Waals surface area contributed by atoms with Crippen LogP contribution in [0, 0.1) is 5.92 Å². The SMILES string of the molecule is CCCCCCCCCCCN[C@@H](CC(C)C)C([O-])=N[C@@H](C)C(=O)O.[Na+]. The van der Waals surface area contributed by atoms with E-state index in [4.69, 9.17) is 5.11 Å². The fraction of sp³-hybridized carbons (Fsp3) is 0.900. The number of hydrogen-bond acceptors (Lipinski definition) is 4. The summed E-state index contributed by atoms with van der Waals surface area (Å²) in [6.07, 6.45) is 12.1. The zero-order chi connectivity index (χ0) is 19.1. The minimum absolute atomic E-state index is 0. The van der Waals surface area contributed by atoms with Gasteiger partial charge in [0, 0.05) is 6.04 Å². The Morgan fingerprint density at radius 3 is 1.96 bits per heavy atom. The van der Waals surface area contributed by atoms with E-state index in [-0.39, 0.29) is 41.5 Å². The molecule has 26 heavy (non-hydrogen) atoms. The van der Waals surface area contributed by atoms with Crippen LogP contribution < -0.4 is 40.0 Å². The molecule has 0 aliphatic heterocycles. The van der Waals surface area contributed by atoms with Crippen LogP contribution in [0.1, 0.15) is 91.9 Å². The molecule has 0 bridgehead atoms. The summed E-state index contributed by atoms with van der Waals surface area (Å²) < 4.78 is 0. The van der Waals surface area contributed by atoms with E-state index in [9.17, 15) is 9.90 Å². The summed E-state index contributed by atoms with van der Waals surface area (Å²) in [5.41, 5.74) is 0. The Kier molecular flexibility index (Phi) is 19.8. The Morgan fingerprint density at radius 1 is 1.00 bits per heavy atom.